The zero-order valence-electron chi connectivity index (χ0n) is 13.8. The fourth-order valence-corrected chi connectivity index (χ4v) is 2.23. The maximum atomic E-state index is 12.3. The molecular formula is C17H15BrF3N3O3. The van der Waals surface area contributed by atoms with Crippen LogP contribution in [0.2, 0.25) is 0 Å². The van der Waals surface area contributed by atoms with E-state index in [0.717, 1.165) is 10.0 Å². The Hall–Kier alpha value is -2.75. The van der Waals surface area contributed by atoms with E-state index in [1.54, 1.807) is 24.3 Å². The molecule has 0 radical (unpaired) electrons. The van der Waals surface area contributed by atoms with E-state index in [1.165, 1.54) is 0 Å². The monoisotopic (exact) mass is 445 g/mol. The Morgan fingerprint density at radius 2 is 1.81 bits per heavy atom. The highest BCUT2D eigenvalue weighted by molar-refractivity contribution is 9.10. The molecule has 0 amide bonds. The van der Waals surface area contributed by atoms with Crippen LogP contribution in [0.15, 0.2) is 53.0 Å². The van der Waals surface area contributed by atoms with E-state index < -0.39 is 18.1 Å². The van der Waals surface area contributed by atoms with Gasteiger partial charge in [0.2, 0.25) is 5.96 Å². The average molecular weight is 446 g/mol. The number of benzene rings is 2. The highest BCUT2D eigenvalue weighted by Crippen LogP contribution is 2.20. The van der Waals surface area contributed by atoms with E-state index in [9.17, 15) is 18.0 Å². The lowest BCUT2D eigenvalue weighted by atomic mass is 10.2. The third-order valence-electron chi connectivity index (χ3n) is 3.24. The number of nitrogens with zero attached hydrogens (tertiary/aromatic N) is 1. The number of ether oxygens (including phenoxy) is 1. The first-order chi connectivity index (χ1) is 12.6. The van der Waals surface area contributed by atoms with Gasteiger partial charge in [-0.05, 0) is 35.4 Å². The summed E-state index contributed by atoms with van der Waals surface area (Å²) in [7, 11) is 0. The summed E-state index contributed by atoms with van der Waals surface area (Å²) in [6, 6.07) is 13.9. The summed E-state index contributed by atoms with van der Waals surface area (Å²) in [5.41, 5.74) is 6.55. The van der Waals surface area contributed by atoms with Gasteiger partial charge in [0.05, 0.1) is 6.54 Å². The molecular weight excluding hydrogens is 431 g/mol. The maximum absolute atomic E-state index is 12.3. The fraction of sp³-hybridized carbons (Fsp3) is 0.176. The summed E-state index contributed by atoms with van der Waals surface area (Å²) in [5.74, 6) is -2.84. The molecule has 0 atom stereocenters. The van der Waals surface area contributed by atoms with E-state index in [0.29, 0.717) is 16.4 Å². The van der Waals surface area contributed by atoms with Gasteiger partial charge < -0.3 is 15.3 Å². The molecule has 0 fully saturated rings. The van der Waals surface area contributed by atoms with Gasteiger partial charge in [-0.1, -0.05) is 40.2 Å². The van der Waals surface area contributed by atoms with Crippen LogP contribution < -0.4 is 10.5 Å². The summed E-state index contributed by atoms with van der Waals surface area (Å²) in [6.07, 6.45) is -5.19. The Morgan fingerprint density at radius 1 is 1.15 bits per heavy atom. The van der Waals surface area contributed by atoms with Crippen molar-refractivity contribution in [1.29, 1.82) is 5.41 Å². The maximum Gasteiger partial charge on any atom is 0.493 e. The van der Waals surface area contributed by atoms with Crippen LogP contribution in [0.25, 0.3) is 0 Å². The summed E-state index contributed by atoms with van der Waals surface area (Å²) in [4.78, 5) is 15.1. The number of nitrogens with one attached hydrogen (secondary N) is 1. The number of halogens is 4. The van der Waals surface area contributed by atoms with Crippen molar-refractivity contribution in [3.05, 3.63) is 64.1 Å². The first kappa shape index (κ1) is 20.6. The Bertz CT molecular complexity index is 813. The summed E-state index contributed by atoms with van der Waals surface area (Å²) >= 11 is 3.34. The van der Waals surface area contributed by atoms with Gasteiger partial charge in [-0.3, -0.25) is 5.41 Å². The number of carbonyl (C=O) groups excluding carboxylic acids is 1. The molecule has 0 aliphatic rings. The van der Waals surface area contributed by atoms with Crippen LogP contribution in [0.4, 0.5) is 13.2 Å². The van der Waals surface area contributed by atoms with Crippen molar-refractivity contribution in [2.45, 2.75) is 19.3 Å². The quantitative estimate of drug-likeness (QED) is 0.415. The van der Waals surface area contributed by atoms with E-state index in [2.05, 4.69) is 20.8 Å². The minimum Gasteiger partial charge on any atom is -0.489 e. The van der Waals surface area contributed by atoms with Crippen LogP contribution >= 0.6 is 15.9 Å². The Balaban J connectivity index is 2.03. The lowest BCUT2D eigenvalue weighted by molar-refractivity contribution is -0.227. The molecule has 2 rings (SSSR count). The summed E-state index contributed by atoms with van der Waals surface area (Å²) < 4.78 is 43.6. The van der Waals surface area contributed by atoms with Gasteiger partial charge in [0, 0.05) is 4.47 Å². The second kappa shape index (κ2) is 8.76. The van der Waals surface area contributed by atoms with Crippen LogP contribution in [-0.4, -0.2) is 23.2 Å². The Morgan fingerprint density at radius 3 is 2.41 bits per heavy atom. The van der Waals surface area contributed by atoms with Crippen molar-refractivity contribution in [2.75, 3.05) is 0 Å². The molecule has 0 aliphatic carbocycles. The third-order valence-corrected chi connectivity index (χ3v) is 3.77. The van der Waals surface area contributed by atoms with Crippen LogP contribution in [0.1, 0.15) is 11.1 Å². The number of carbonyl (C=O) groups is 1. The van der Waals surface area contributed by atoms with Gasteiger partial charge in [0.15, 0.2) is 0 Å². The SMILES string of the molecule is N=C(N)N(Cc1cccc(OCc2ccc(Br)cc2)c1)OC(=O)C(F)(F)F. The average Bonchev–Trinajstić information content (AvgIpc) is 2.60. The molecule has 0 aromatic heterocycles. The van der Waals surface area contributed by atoms with E-state index in [4.69, 9.17) is 15.9 Å². The summed E-state index contributed by atoms with van der Waals surface area (Å²) in [5, 5.41) is 7.64. The molecule has 6 nitrogen and oxygen atoms in total. The predicted molar refractivity (Wildman–Crippen MR) is 94.5 cm³/mol. The molecule has 0 unspecified atom stereocenters. The Labute approximate surface area is 161 Å². The highest BCUT2D eigenvalue weighted by Gasteiger charge is 2.43. The topological polar surface area (TPSA) is 88.6 Å². The molecule has 27 heavy (non-hydrogen) atoms. The molecule has 10 heteroatoms. The number of rotatable bonds is 5. The van der Waals surface area contributed by atoms with Crippen molar-refractivity contribution in [1.82, 2.24) is 5.06 Å². The zero-order valence-corrected chi connectivity index (χ0v) is 15.4. The minimum atomic E-state index is -5.19. The largest absolute Gasteiger partial charge is 0.493 e. The molecule has 2 aromatic carbocycles. The molecule has 3 N–H and O–H groups in total. The predicted octanol–water partition coefficient (Wildman–Crippen LogP) is 3.74. The Kier molecular flexibility index (Phi) is 6.67. The number of nitrogens with two attached hydrogens (primary N) is 1. The van der Waals surface area contributed by atoms with Crippen LogP contribution in [0.5, 0.6) is 5.75 Å². The fourth-order valence-electron chi connectivity index (χ4n) is 1.97. The molecule has 144 valence electrons. The number of alkyl halides is 3. The molecule has 2 aromatic rings. The number of hydrogen-bond acceptors (Lipinski definition) is 4. The second-order valence-electron chi connectivity index (χ2n) is 5.36. The molecule has 0 aliphatic heterocycles. The highest BCUT2D eigenvalue weighted by atomic mass is 79.9. The van der Waals surface area contributed by atoms with Gasteiger partial charge in [-0.2, -0.15) is 18.2 Å². The van der Waals surface area contributed by atoms with Crippen LogP contribution in [0, 0.1) is 5.41 Å². The van der Waals surface area contributed by atoms with Gasteiger partial charge in [0.25, 0.3) is 0 Å². The lowest BCUT2D eigenvalue weighted by Crippen LogP contribution is -2.41. The van der Waals surface area contributed by atoms with E-state index >= 15 is 0 Å². The molecule has 0 bridgehead atoms. The van der Waals surface area contributed by atoms with Crippen molar-refractivity contribution < 1.29 is 27.5 Å². The molecule has 0 heterocycles. The zero-order chi connectivity index (χ0) is 20.0. The van der Waals surface area contributed by atoms with Crippen LogP contribution in [-0.2, 0) is 22.8 Å². The minimum absolute atomic E-state index is 0.288. The van der Waals surface area contributed by atoms with Gasteiger partial charge >= 0.3 is 12.1 Å². The summed E-state index contributed by atoms with van der Waals surface area (Å²) in [6.45, 7) is -0.0527. The smallest absolute Gasteiger partial charge is 0.489 e. The number of hydrogen-bond donors (Lipinski definition) is 2. The second-order valence-corrected chi connectivity index (χ2v) is 6.28. The van der Waals surface area contributed by atoms with Crippen LogP contribution in [0.3, 0.4) is 0 Å². The first-order valence-corrected chi connectivity index (χ1v) is 8.31. The van der Waals surface area contributed by atoms with E-state index in [1.807, 2.05) is 24.3 Å². The van der Waals surface area contributed by atoms with Crippen molar-refractivity contribution in [3.8, 4) is 5.75 Å². The van der Waals surface area contributed by atoms with Crippen molar-refractivity contribution in [3.63, 3.8) is 0 Å². The van der Waals surface area contributed by atoms with Crippen molar-refractivity contribution in [2.24, 2.45) is 5.73 Å². The molecule has 0 saturated heterocycles. The third kappa shape index (κ3) is 6.48. The standard InChI is InChI=1S/C17H15BrF3N3O3/c18-13-6-4-11(5-7-13)10-26-14-3-1-2-12(8-14)9-24(16(22)23)27-15(25)17(19,20)21/h1-8H,9-10H2,(H3,22,23). The lowest BCUT2D eigenvalue weighted by Gasteiger charge is -2.21. The van der Waals surface area contributed by atoms with Gasteiger partial charge in [0.1, 0.15) is 12.4 Å². The number of guanidine groups is 1. The molecule has 0 saturated carbocycles. The van der Waals surface area contributed by atoms with Gasteiger partial charge in [-0.25, -0.2) is 4.79 Å². The van der Waals surface area contributed by atoms with E-state index in [-0.39, 0.29) is 13.2 Å². The normalized spacial score (nSPS) is 11.0. The number of hydroxylamine groups is 2. The first-order valence-electron chi connectivity index (χ1n) is 7.52. The van der Waals surface area contributed by atoms with Crippen molar-refractivity contribution >= 4 is 27.9 Å². The molecule has 0 spiro atoms. The van der Waals surface area contributed by atoms with Gasteiger partial charge in [-0.15, -0.1) is 0 Å².